The standard InChI is InChI=1S/C15H16OS/c1-10-7-11(2)13(12(3)8-10)9-14(16)15-5-4-6-17-15/h4-8H,9H2,1-3H3. The Morgan fingerprint density at radius 1 is 1.18 bits per heavy atom. The Morgan fingerprint density at radius 3 is 2.35 bits per heavy atom. The van der Waals surface area contributed by atoms with Crippen LogP contribution in [0.3, 0.4) is 0 Å². The zero-order chi connectivity index (χ0) is 12.4. The van der Waals surface area contributed by atoms with Crippen LogP contribution < -0.4 is 0 Å². The molecular formula is C15H16OS. The highest BCUT2D eigenvalue weighted by atomic mass is 32.1. The van der Waals surface area contributed by atoms with E-state index in [1.165, 1.54) is 33.6 Å². The molecule has 0 amide bonds. The van der Waals surface area contributed by atoms with Crippen LogP contribution in [0.4, 0.5) is 0 Å². The van der Waals surface area contributed by atoms with Crippen molar-refractivity contribution < 1.29 is 4.79 Å². The number of carbonyl (C=O) groups is 1. The average Bonchev–Trinajstić information content (AvgIpc) is 2.76. The number of benzene rings is 1. The van der Waals surface area contributed by atoms with Crippen LogP contribution in [0.5, 0.6) is 0 Å². The van der Waals surface area contributed by atoms with Gasteiger partial charge in [-0.15, -0.1) is 11.3 Å². The summed E-state index contributed by atoms with van der Waals surface area (Å²) < 4.78 is 0. The molecule has 0 radical (unpaired) electrons. The second kappa shape index (κ2) is 4.84. The van der Waals surface area contributed by atoms with Crippen molar-refractivity contribution in [1.82, 2.24) is 0 Å². The predicted molar refractivity (Wildman–Crippen MR) is 73.0 cm³/mol. The number of hydrogen-bond donors (Lipinski definition) is 0. The van der Waals surface area contributed by atoms with Gasteiger partial charge in [-0.1, -0.05) is 23.8 Å². The first-order valence-electron chi connectivity index (χ1n) is 5.71. The Kier molecular flexibility index (Phi) is 3.43. The molecule has 88 valence electrons. The smallest absolute Gasteiger partial charge is 0.177 e. The Balaban J connectivity index is 2.28. The molecule has 0 aliphatic carbocycles. The van der Waals surface area contributed by atoms with E-state index < -0.39 is 0 Å². The lowest BCUT2D eigenvalue weighted by atomic mass is 9.95. The second-order valence-corrected chi connectivity index (χ2v) is 5.40. The molecule has 0 bridgehead atoms. The van der Waals surface area contributed by atoms with Gasteiger partial charge in [0.1, 0.15) is 0 Å². The molecule has 1 aromatic carbocycles. The maximum absolute atomic E-state index is 12.1. The molecule has 2 heteroatoms. The van der Waals surface area contributed by atoms with Crippen LogP contribution in [0.2, 0.25) is 0 Å². The molecule has 0 unspecified atom stereocenters. The zero-order valence-electron chi connectivity index (χ0n) is 10.4. The molecule has 0 fully saturated rings. The molecule has 17 heavy (non-hydrogen) atoms. The molecule has 0 saturated heterocycles. The first-order valence-corrected chi connectivity index (χ1v) is 6.59. The first kappa shape index (κ1) is 12.1. The van der Waals surface area contributed by atoms with Crippen molar-refractivity contribution >= 4 is 17.1 Å². The van der Waals surface area contributed by atoms with Crippen LogP contribution in [0.25, 0.3) is 0 Å². The van der Waals surface area contributed by atoms with Crippen LogP contribution in [0.1, 0.15) is 31.9 Å². The van der Waals surface area contributed by atoms with Gasteiger partial charge in [-0.25, -0.2) is 0 Å². The minimum atomic E-state index is 0.218. The lowest BCUT2D eigenvalue weighted by Crippen LogP contribution is -2.05. The second-order valence-electron chi connectivity index (χ2n) is 4.45. The van der Waals surface area contributed by atoms with Crippen LogP contribution in [-0.4, -0.2) is 5.78 Å². The molecule has 0 atom stereocenters. The summed E-state index contributed by atoms with van der Waals surface area (Å²) in [4.78, 5) is 12.9. The van der Waals surface area contributed by atoms with E-state index in [1.54, 1.807) is 0 Å². The molecule has 0 N–H and O–H groups in total. The molecule has 2 aromatic rings. The van der Waals surface area contributed by atoms with E-state index in [9.17, 15) is 4.79 Å². The Labute approximate surface area is 106 Å². The number of ketones is 1. The summed E-state index contributed by atoms with van der Waals surface area (Å²) >= 11 is 1.52. The Bertz CT molecular complexity index is 515. The summed E-state index contributed by atoms with van der Waals surface area (Å²) in [6.45, 7) is 6.25. The summed E-state index contributed by atoms with van der Waals surface area (Å²) in [7, 11) is 0. The summed E-state index contributed by atoms with van der Waals surface area (Å²) in [6, 6.07) is 8.10. The van der Waals surface area contributed by atoms with Gasteiger partial charge in [-0.05, 0) is 48.9 Å². The van der Waals surface area contributed by atoms with Gasteiger partial charge < -0.3 is 0 Å². The van der Waals surface area contributed by atoms with Gasteiger partial charge in [0.25, 0.3) is 0 Å². The SMILES string of the molecule is Cc1cc(C)c(CC(=O)c2cccs2)c(C)c1. The quantitative estimate of drug-likeness (QED) is 0.743. The topological polar surface area (TPSA) is 17.1 Å². The Morgan fingerprint density at radius 2 is 1.82 bits per heavy atom. The van der Waals surface area contributed by atoms with Crippen molar-refractivity contribution in [2.75, 3.05) is 0 Å². The van der Waals surface area contributed by atoms with Gasteiger partial charge in [0, 0.05) is 6.42 Å². The molecule has 0 aliphatic heterocycles. The molecule has 1 heterocycles. The lowest BCUT2D eigenvalue weighted by Gasteiger charge is -2.10. The lowest BCUT2D eigenvalue weighted by molar-refractivity contribution is 0.0996. The highest BCUT2D eigenvalue weighted by Crippen LogP contribution is 2.20. The molecule has 0 saturated carbocycles. The Hall–Kier alpha value is -1.41. The van der Waals surface area contributed by atoms with Crippen molar-refractivity contribution in [2.45, 2.75) is 27.2 Å². The van der Waals surface area contributed by atoms with Crippen LogP contribution in [-0.2, 0) is 6.42 Å². The molecule has 1 nitrogen and oxygen atoms in total. The predicted octanol–water partition coefficient (Wildman–Crippen LogP) is 4.10. The number of thiophene rings is 1. The van der Waals surface area contributed by atoms with E-state index in [0.29, 0.717) is 6.42 Å². The summed E-state index contributed by atoms with van der Waals surface area (Å²) in [5, 5.41) is 1.95. The van der Waals surface area contributed by atoms with Crippen molar-refractivity contribution in [1.29, 1.82) is 0 Å². The third-order valence-electron chi connectivity index (χ3n) is 2.97. The fraction of sp³-hybridized carbons (Fsp3) is 0.267. The first-order chi connectivity index (χ1) is 8.08. The van der Waals surface area contributed by atoms with E-state index >= 15 is 0 Å². The minimum absolute atomic E-state index is 0.218. The monoisotopic (exact) mass is 244 g/mol. The highest BCUT2D eigenvalue weighted by molar-refractivity contribution is 7.12. The largest absolute Gasteiger partial charge is 0.293 e. The van der Waals surface area contributed by atoms with E-state index in [4.69, 9.17) is 0 Å². The van der Waals surface area contributed by atoms with Crippen LogP contribution in [0.15, 0.2) is 29.6 Å². The van der Waals surface area contributed by atoms with Gasteiger partial charge in [0.2, 0.25) is 0 Å². The fourth-order valence-corrected chi connectivity index (χ4v) is 2.84. The minimum Gasteiger partial charge on any atom is -0.293 e. The van der Waals surface area contributed by atoms with Gasteiger partial charge in [0.15, 0.2) is 5.78 Å². The maximum Gasteiger partial charge on any atom is 0.177 e. The van der Waals surface area contributed by atoms with Crippen molar-refractivity contribution in [3.05, 3.63) is 56.8 Å². The van der Waals surface area contributed by atoms with Gasteiger partial charge in [-0.3, -0.25) is 4.79 Å². The van der Waals surface area contributed by atoms with Crippen molar-refractivity contribution in [2.24, 2.45) is 0 Å². The zero-order valence-corrected chi connectivity index (χ0v) is 11.2. The van der Waals surface area contributed by atoms with Crippen LogP contribution in [0, 0.1) is 20.8 Å². The maximum atomic E-state index is 12.1. The normalized spacial score (nSPS) is 10.5. The third kappa shape index (κ3) is 2.64. The molecule has 2 rings (SSSR count). The fourth-order valence-electron chi connectivity index (χ4n) is 2.17. The molecule has 0 spiro atoms. The molecule has 1 aromatic heterocycles. The number of aryl methyl sites for hydroxylation is 3. The number of carbonyl (C=O) groups excluding carboxylic acids is 1. The van der Waals surface area contributed by atoms with Gasteiger partial charge in [0.05, 0.1) is 4.88 Å². The number of rotatable bonds is 3. The van der Waals surface area contributed by atoms with Gasteiger partial charge in [-0.2, -0.15) is 0 Å². The van der Waals surface area contributed by atoms with E-state index in [2.05, 4.69) is 32.9 Å². The van der Waals surface area contributed by atoms with Crippen molar-refractivity contribution in [3.63, 3.8) is 0 Å². The number of Topliss-reactive ketones (excluding diaryl/α,β-unsaturated/α-hetero) is 1. The number of hydrogen-bond acceptors (Lipinski definition) is 2. The van der Waals surface area contributed by atoms with E-state index in [-0.39, 0.29) is 5.78 Å². The molecule has 0 aliphatic rings. The summed E-state index contributed by atoms with van der Waals surface area (Å²) in [6.07, 6.45) is 0.512. The summed E-state index contributed by atoms with van der Waals surface area (Å²) in [5.41, 5.74) is 4.86. The van der Waals surface area contributed by atoms with E-state index in [0.717, 1.165) is 4.88 Å². The van der Waals surface area contributed by atoms with Crippen LogP contribution >= 0.6 is 11.3 Å². The molecular weight excluding hydrogens is 228 g/mol. The summed E-state index contributed by atoms with van der Waals surface area (Å²) in [5.74, 6) is 0.218. The van der Waals surface area contributed by atoms with E-state index in [1.807, 2.05) is 17.5 Å². The van der Waals surface area contributed by atoms with Gasteiger partial charge >= 0.3 is 0 Å². The van der Waals surface area contributed by atoms with Crippen molar-refractivity contribution in [3.8, 4) is 0 Å². The third-order valence-corrected chi connectivity index (χ3v) is 3.88. The highest BCUT2D eigenvalue weighted by Gasteiger charge is 2.11. The average molecular weight is 244 g/mol.